The molecule has 0 aliphatic carbocycles. The highest BCUT2D eigenvalue weighted by Crippen LogP contribution is 2.37. The number of hydrogen-bond donors (Lipinski definition) is 1. The van der Waals surface area contributed by atoms with Crippen molar-refractivity contribution in [2.75, 3.05) is 7.11 Å². The zero-order valence-corrected chi connectivity index (χ0v) is 19.4. The van der Waals surface area contributed by atoms with Gasteiger partial charge in [0, 0.05) is 4.47 Å². The molecule has 1 aliphatic heterocycles. The van der Waals surface area contributed by atoms with Crippen molar-refractivity contribution in [2.45, 2.75) is 6.61 Å². The number of rotatable bonds is 6. The lowest BCUT2D eigenvalue weighted by atomic mass is 10.2. The molecule has 3 aromatic carbocycles. The molecule has 1 N–H and O–H groups in total. The number of ether oxygens (including phenoxy) is 2. The average Bonchev–Trinajstić information content (AvgIpc) is 3.14. The Balaban J connectivity index is 1.55. The predicted molar refractivity (Wildman–Crippen MR) is 129 cm³/mol. The minimum Gasteiger partial charge on any atom is -0.493 e. The van der Waals surface area contributed by atoms with E-state index in [1.54, 1.807) is 43.5 Å². The summed E-state index contributed by atoms with van der Waals surface area (Å²) in [6.45, 7) is 0.401. The highest BCUT2D eigenvalue weighted by atomic mass is 79.9. The molecule has 0 atom stereocenters. The first-order valence-corrected chi connectivity index (χ1v) is 11.2. The molecule has 0 aromatic heterocycles. The van der Waals surface area contributed by atoms with Gasteiger partial charge >= 0.3 is 0 Å². The van der Waals surface area contributed by atoms with Crippen molar-refractivity contribution in [2.24, 2.45) is 4.99 Å². The van der Waals surface area contributed by atoms with Crippen LogP contribution in [0, 0.1) is 5.82 Å². The van der Waals surface area contributed by atoms with Gasteiger partial charge in [0.1, 0.15) is 18.1 Å². The van der Waals surface area contributed by atoms with Crippen LogP contribution in [0.2, 0.25) is 0 Å². The molecule has 1 fully saturated rings. The fourth-order valence-electron chi connectivity index (χ4n) is 2.94. The maximum absolute atomic E-state index is 13.9. The third-order valence-corrected chi connectivity index (χ3v) is 6.13. The van der Waals surface area contributed by atoms with Crippen LogP contribution in [-0.2, 0) is 11.4 Å². The lowest BCUT2D eigenvalue weighted by Crippen LogP contribution is -2.19. The van der Waals surface area contributed by atoms with Gasteiger partial charge in [-0.3, -0.25) is 4.79 Å². The molecule has 0 radical (unpaired) electrons. The number of nitrogens with zero attached hydrogens (tertiary/aromatic N) is 1. The summed E-state index contributed by atoms with van der Waals surface area (Å²) in [5.74, 6) is 0.363. The molecule has 0 unspecified atom stereocenters. The van der Waals surface area contributed by atoms with E-state index in [1.165, 1.54) is 6.07 Å². The lowest BCUT2D eigenvalue weighted by Gasteiger charge is -2.13. The van der Waals surface area contributed by atoms with E-state index in [4.69, 9.17) is 9.47 Å². The maximum Gasteiger partial charge on any atom is 0.264 e. The molecule has 3 aromatic rings. The van der Waals surface area contributed by atoms with Crippen molar-refractivity contribution < 1.29 is 18.7 Å². The standard InChI is InChI=1S/C24H18BrFN2O3S/c1-30-20-11-16(17(25)13-21(20)31-14-15-7-3-2-4-8-15)12-22-23(29)28-24(32-22)27-19-10-6-5-9-18(19)26/h2-13H,14H2,1H3,(H,27,28,29)/b22-12-. The van der Waals surface area contributed by atoms with Crippen LogP contribution in [0.4, 0.5) is 10.1 Å². The summed E-state index contributed by atoms with van der Waals surface area (Å²) in [5.41, 5.74) is 1.94. The van der Waals surface area contributed by atoms with Gasteiger partial charge in [0.25, 0.3) is 5.91 Å². The van der Waals surface area contributed by atoms with Crippen LogP contribution in [0.25, 0.3) is 6.08 Å². The maximum atomic E-state index is 13.9. The molecule has 1 heterocycles. The second-order valence-corrected chi connectivity index (χ2v) is 8.62. The van der Waals surface area contributed by atoms with Gasteiger partial charge in [0.15, 0.2) is 16.7 Å². The first kappa shape index (κ1) is 22.1. The quantitative estimate of drug-likeness (QED) is 0.407. The molecule has 162 valence electrons. The molecular formula is C24H18BrFN2O3S. The zero-order valence-electron chi connectivity index (χ0n) is 17.0. The van der Waals surface area contributed by atoms with Crippen molar-refractivity contribution in [3.05, 3.63) is 93.1 Å². The van der Waals surface area contributed by atoms with Crippen molar-refractivity contribution in [1.82, 2.24) is 5.32 Å². The van der Waals surface area contributed by atoms with Crippen LogP contribution < -0.4 is 14.8 Å². The van der Waals surface area contributed by atoms with E-state index in [2.05, 4.69) is 26.2 Å². The molecule has 0 spiro atoms. The van der Waals surface area contributed by atoms with Crippen molar-refractivity contribution in [3.8, 4) is 11.5 Å². The first-order valence-electron chi connectivity index (χ1n) is 9.62. The van der Waals surface area contributed by atoms with E-state index in [9.17, 15) is 9.18 Å². The summed E-state index contributed by atoms with van der Waals surface area (Å²) in [6.07, 6.45) is 1.72. The molecule has 32 heavy (non-hydrogen) atoms. The predicted octanol–water partition coefficient (Wildman–Crippen LogP) is 6.07. The molecule has 1 aliphatic rings. The van der Waals surface area contributed by atoms with E-state index < -0.39 is 5.82 Å². The van der Waals surface area contributed by atoms with E-state index in [0.717, 1.165) is 27.4 Å². The van der Waals surface area contributed by atoms with Gasteiger partial charge < -0.3 is 14.8 Å². The number of carbonyl (C=O) groups excluding carboxylic acids is 1. The number of nitrogens with one attached hydrogen (secondary N) is 1. The van der Waals surface area contributed by atoms with Gasteiger partial charge in [-0.2, -0.15) is 0 Å². The average molecular weight is 513 g/mol. The number of thioether (sulfide) groups is 1. The van der Waals surface area contributed by atoms with Crippen LogP contribution in [0.3, 0.4) is 0 Å². The minimum atomic E-state index is -0.453. The molecular weight excluding hydrogens is 495 g/mol. The number of halogens is 2. The lowest BCUT2D eigenvalue weighted by molar-refractivity contribution is -0.115. The number of benzene rings is 3. The normalized spacial score (nSPS) is 15.8. The summed E-state index contributed by atoms with van der Waals surface area (Å²) < 4.78 is 26.0. The van der Waals surface area contributed by atoms with E-state index in [-0.39, 0.29) is 11.6 Å². The largest absolute Gasteiger partial charge is 0.493 e. The van der Waals surface area contributed by atoms with Crippen molar-refractivity contribution >= 4 is 50.5 Å². The third kappa shape index (κ3) is 5.20. The van der Waals surface area contributed by atoms with Gasteiger partial charge in [0.2, 0.25) is 0 Å². The second-order valence-electron chi connectivity index (χ2n) is 6.73. The fraction of sp³-hybridized carbons (Fsp3) is 0.0833. The molecule has 1 saturated heterocycles. The van der Waals surface area contributed by atoms with Gasteiger partial charge in [-0.15, -0.1) is 0 Å². The number of amidine groups is 1. The number of para-hydroxylation sites is 1. The van der Waals surface area contributed by atoms with Crippen LogP contribution in [0.5, 0.6) is 11.5 Å². The number of amides is 1. The smallest absolute Gasteiger partial charge is 0.264 e. The van der Waals surface area contributed by atoms with Gasteiger partial charge in [-0.1, -0.05) is 58.4 Å². The Labute approximate surface area is 197 Å². The Bertz CT molecular complexity index is 1220. The summed E-state index contributed by atoms with van der Waals surface area (Å²) in [6, 6.07) is 19.6. The Morgan fingerprint density at radius 2 is 1.84 bits per heavy atom. The van der Waals surface area contributed by atoms with Crippen LogP contribution >= 0.6 is 27.7 Å². The summed E-state index contributed by atoms with van der Waals surface area (Å²) in [7, 11) is 1.56. The van der Waals surface area contributed by atoms with E-state index in [0.29, 0.717) is 28.2 Å². The number of hydrogen-bond acceptors (Lipinski definition) is 5. The second kappa shape index (κ2) is 10.0. The molecule has 8 heteroatoms. The van der Waals surface area contributed by atoms with Crippen LogP contribution in [0.1, 0.15) is 11.1 Å². The zero-order chi connectivity index (χ0) is 22.5. The van der Waals surface area contributed by atoms with Gasteiger partial charge in [0.05, 0.1) is 12.0 Å². The molecule has 0 bridgehead atoms. The fourth-order valence-corrected chi connectivity index (χ4v) is 4.21. The SMILES string of the molecule is COc1cc(/C=C2\SC(=Nc3ccccc3F)NC2=O)c(Br)cc1OCc1ccccc1. The van der Waals surface area contributed by atoms with E-state index in [1.807, 2.05) is 30.3 Å². The summed E-state index contributed by atoms with van der Waals surface area (Å²) in [5, 5.41) is 2.98. The number of carbonyl (C=O) groups is 1. The number of methoxy groups -OCH3 is 1. The Morgan fingerprint density at radius 1 is 1.09 bits per heavy atom. The Kier molecular flexibility index (Phi) is 6.92. The molecule has 5 nitrogen and oxygen atoms in total. The Morgan fingerprint density at radius 3 is 2.59 bits per heavy atom. The molecule has 4 rings (SSSR count). The summed E-state index contributed by atoms with van der Waals surface area (Å²) in [4.78, 5) is 17.0. The van der Waals surface area contributed by atoms with Gasteiger partial charge in [-0.25, -0.2) is 9.38 Å². The first-order chi connectivity index (χ1) is 15.5. The topological polar surface area (TPSA) is 59.9 Å². The van der Waals surface area contributed by atoms with Crippen LogP contribution in [-0.4, -0.2) is 18.2 Å². The highest BCUT2D eigenvalue weighted by Gasteiger charge is 2.25. The summed E-state index contributed by atoms with van der Waals surface area (Å²) >= 11 is 4.68. The Hall–Kier alpha value is -3.10. The van der Waals surface area contributed by atoms with Crippen molar-refractivity contribution in [1.29, 1.82) is 0 Å². The third-order valence-electron chi connectivity index (χ3n) is 4.53. The molecule has 1 amide bonds. The van der Waals surface area contributed by atoms with Gasteiger partial charge in [-0.05, 0) is 53.2 Å². The monoisotopic (exact) mass is 512 g/mol. The highest BCUT2D eigenvalue weighted by molar-refractivity contribution is 9.10. The van der Waals surface area contributed by atoms with Crippen LogP contribution in [0.15, 0.2) is 81.1 Å². The van der Waals surface area contributed by atoms with E-state index >= 15 is 0 Å². The molecule has 0 saturated carbocycles. The minimum absolute atomic E-state index is 0.166. The van der Waals surface area contributed by atoms with Crippen molar-refractivity contribution in [3.63, 3.8) is 0 Å². The number of aliphatic imine (C=N–C) groups is 1.